The van der Waals surface area contributed by atoms with Crippen molar-refractivity contribution in [2.24, 2.45) is 0 Å². The molecule has 0 radical (unpaired) electrons. The van der Waals surface area contributed by atoms with Gasteiger partial charge in [0.15, 0.2) is 0 Å². The second-order valence-electron chi connectivity index (χ2n) is 7.66. The zero-order valence-electron chi connectivity index (χ0n) is 17.1. The standard InChI is InChI=1S/C21H30N2O3S2/c1-5-6-11-22(16-19(24)26-21(2,3)4)20(25)23(14-17-9-7-12-27-17)15-18-10-8-13-28-18/h7-10,12-13H,5-6,11,14-16H2,1-4H3. The highest BCUT2D eigenvalue weighted by molar-refractivity contribution is 7.10. The molecule has 0 aliphatic rings. The van der Waals surface area contributed by atoms with Crippen LogP contribution in [0.4, 0.5) is 4.79 Å². The summed E-state index contributed by atoms with van der Waals surface area (Å²) in [5.74, 6) is -0.371. The Balaban J connectivity index is 2.15. The van der Waals surface area contributed by atoms with Crippen molar-refractivity contribution < 1.29 is 14.3 Å². The fourth-order valence-electron chi connectivity index (χ4n) is 2.69. The number of hydrogen-bond donors (Lipinski definition) is 0. The van der Waals surface area contributed by atoms with Crippen molar-refractivity contribution >= 4 is 34.7 Å². The van der Waals surface area contributed by atoms with E-state index in [1.165, 1.54) is 0 Å². The third-order valence-corrected chi connectivity index (χ3v) is 5.64. The van der Waals surface area contributed by atoms with Gasteiger partial charge in [-0.25, -0.2) is 4.79 Å². The highest BCUT2D eigenvalue weighted by Crippen LogP contribution is 2.19. The number of urea groups is 1. The molecule has 0 bridgehead atoms. The maximum atomic E-state index is 13.4. The second kappa shape index (κ2) is 10.6. The molecule has 0 saturated heterocycles. The van der Waals surface area contributed by atoms with Crippen LogP contribution in [0, 0.1) is 0 Å². The Labute approximate surface area is 175 Å². The number of unbranched alkanes of at least 4 members (excludes halogenated alkanes) is 1. The van der Waals surface area contributed by atoms with Gasteiger partial charge in [-0.05, 0) is 50.1 Å². The zero-order valence-corrected chi connectivity index (χ0v) is 18.8. The van der Waals surface area contributed by atoms with Gasteiger partial charge < -0.3 is 14.5 Å². The van der Waals surface area contributed by atoms with Crippen molar-refractivity contribution in [1.82, 2.24) is 9.80 Å². The van der Waals surface area contributed by atoms with Crippen LogP contribution in [-0.4, -0.2) is 40.5 Å². The molecule has 28 heavy (non-hydrogen) atoms. The maximum absolute atomic E-state index is 13.4. The molecule has 2 rings (SSSR count). The first kappa shape index (κ1) is 22.4. The van der Waals surface area contributed by atoms with E-state index in [0.717, 1.165) is 22.6 Å². The van der Waals surface area contributed by atoms with E-state index in [4.69, 9.17) is 4.74 Å². The van der Waals surface area contributed by atoms with Crippen LogP contribution in [0.2, 0.25) is 0 Å². The fourth-order valence-corrected chi connectivity index (χ4v) is 4.13. The Morgan fingerprint density at radius 2 is 1.57 bits per heavy atom. The van der Waals surface area contributed by atoms with Crippen molar-refractivity contribution in [2.75, 3.05) is 13.1 Å². The Morgan fingerprint density at radius 3 is 2.00 bits per heavy atom. The molecule has 5 nitrogen and oxygen atoms in total. The summed E-state index contributed by atoms with van der Waals surface area (Å²) in [7, 11) is 0. The van der Waals surface area contributed by atoms with Gasteiger partial charge in [0.25, 0.3) is 0 Å². The number of ether oxygens (including phenoxy) is 1. The van der Waals surface area contributed by atoms with E-state index < -0.39 is 5.60 Å². The first-order chi connectivity index (χ1) is 13.3. The largest absolute Gasteiger partial charge is 0.459 e. The molecule has 0 atom stereocenters. The van der Waals surface area contributed by atoms with Crippen LogP contribution in [0.5, 0.6) is 0 Å². The van der Waals surface area contributed by atoms with Gasteiger partial charge in [-0.2, -0.15) is 0 Å². The van der Waals surface area contributed by atoms with E-state index in [9.17, 15) is 9.59 Å². The van der Waals surface area contributed by atoms with Crippen LogP contribution in [0.1, 0.15) is 50.3 Å². The first-order valence-corrected chi connectivity index (χ1v) is 11.3. The van der Waals surface area contributed by atoms with Crippen LogP contribution in [0.25, 0.3) is 0 Å². The maximum Gasteiger partial charge on any atom is 0.326 e. The third-order valence-electron chi connectivity index (χ3n) is 3.92. The normalized spacial score (nSPS) is 11.3. The molecular formula is C21H30N2O3S2. The molecule has 0 unspecified atom stereocenters. The summed E-state index contributed by atoms with van der Waals surface area (Å²) in [6, 6.07) is 7.92. The van der Waals surface area contributed by atoms with E-state index in [-0.39, 0.29) is 18.5 Å². The monoisotopic (exact) mass is 422 g/mol. The van der Waals surface area contributed by atoms with Crippen LogP contribution in [0.15, 0.2) is 35.0 Å². The average molecular weight is 423 g/mol. The van der Waals surface area contributed by atoms with Crippen molar-refractivity contribution in [3.8, 4) is 0 Å². The molecule has 2 aromatic heterocycles. The lowest BCUT2D eigenvalue weighted by molar-refractivity contribution is -0.155. The molecule has 154 valence electrons. The summed E-state index contributed by atoms with van der Waals surface area (Å²) in [4.78, 5) is 31.4. The number of amides is 2. The lowest BCUT2D eigenvalue weighted by atomic mass is 10.2. The molecule has 7 heteroatoms. The lowest BCUT2D eigenvalue weighted by Crippen LogP contribution is -2.46. The molecule has 2 heterocycles. The van der Waals surface area contributed by atoms with Gasteiger partial charge in [-0.1, -0.05) is 25.5 Å². The summed E-state index contributed by atoms with van der Waals surface area (Å²) in [6.07, 6.45) is 1.80. The van der Waals surface area contributed by atoms with Gasteiger partial charge in [0.2, 0.25) is 0 Å². The predicted molar refractivity (Wildman–Crippen MR) is 116 cm³/mol. The number of carbonyl (C=O) groups excluding carboxylic acids is 2. The zero-order chi connectivity index (χ0) is 20.6. The van der Waals surface area contributed by atoms with Gasteiger partial charge in [0.05, 0.1) is 13.1 Å². The topological polar surface area (TPSA) is 49.9 Å². The van der Waals surface area contributed by atoms with Gasteiger partial charge in [-0.3, -0.25) is 4.79 Å². The van der Waals surface area contributed by atoms with E-state index in [2.05, 4.69) is 6.92 Å². The van der Waals surface area contributed by atoms with Crippen LogP contribution in [-0.2, 0) is 22.6 Å². The molecule has 0 N–H and O–H groups in total. The molecule has 0 aromatic carbocycles. The Hall–Kier alpha value is -1.86. The predicted octanol–water partition coefficient (Wildman–Crippen LogP) is 5.38. The molecule has 0 fully saturated rings. The molecule has 0 saturated carbocycles. The number of rotatable bonds is 9. The van der Waals surface area contributed by atoms with Gasteiger partial charge in [0, 0.05) is 16.3 Å². The highest BCUT2D eigenvalue weighted by Gasteiger charge is 2.26. The molecule has 2 amide bonds. The summed E-state index contributed by atoms with van der Waals surface area (Å²) >= 11 is 3.26. The van der Waals surface area contributed by atoms with Crippen molar-refractivity contribution in [1.29, 1.82) is 0 Å². The smallest absolute Gasteiger partial charge is 0.326 e. The van der Waals surface area contributed by atoms with Crippen molar-refractivity contribution in [3.63, 3.8) is 0 Å². The molecule has 0 aliphatic carbocycles. The number of esters is 1. The van der Waals surface area contributed by atoms with E-state index in [1.54, 1.807) is 27.6 Å². The quantitative estimate of drug-likeness (QED) is 0.510. The van der Waals surface area contributed by atoms with Crippen molar-refractivity contribution in [3.05, 3.63) is 44.8 Å². The summed E-state index contributed by atoms with van der Waals surface area (Å²) in [5.41, 5.74) is -0.565. The van der Waals surface area contributed by atoms with Gasteiger partial charge >= 0.3 is 12.0 Å². The van der Waals surface area contributed by atoms with Crippen LogP contribution >= 0.6 is 22.7 Å². The van der Waals surface area contributed by atoms with Crippen LogP contribution < -0.4 is 0 Å². The Morgan fingerprint density at radius 1 is 1.00 bits per heavy atom. The molecule has 2 aromatic rings. The number of hydrogen-bond acceptors (Lipinski definition) is 5. The number of nitrogens with zero attached hydrogens (tertiary/aromatic N) is 2. The SMILES string of the molecule is CCCCN(CC(=O)OC(C)(C)C)C(=O)N(Cc1cccs1)Cc1cccs1. The minimum Gasteiger partial charge on any atom is -0.459 e. The van der Waals surface area contributed by atoms with Gasteiger partial charge in [-0.15, -0.1) is 22.7 Å². The third kappa shape index (κ3) is 7.64. The van der Waals surface area contributed by atoms with E-state index >= 15 is 0 Å². The average Bonchev–Trinajstić information content (AvgIpc) is 3.29. The fraction of sp³-hybridized carbons (Fsp3) is 0.524. The lowest BCUT2D eigenvalue weighted by Gasteiger charge is -2.31. The molecule has 0 spiro atoms. The highest BCUT2D eigenvalue weighted by atomic mass is 32.1. The van der Waals surface area contributed by atoms with Crippen LogP contribution in [0.3, 0.4) is 0 Å². The summed E-state index contributed by atoms with van der Waals surface area (Å²) in [5, 5.41) is 4.03. The number of carbonyl (C=O) groups is 2. The minimum absolute atomic E-state index is 0.0263. The van der Waals surface area contributed by atoms with Crippen molar-refractivity contribution in [2.45, 2.75) is 59.2 Å². The minimum atomic E-state index is -0.565. The summed E-state index contributed by atoms with van der Waals surface area (Å²) < 4.78 is 5.44. The Kier molecular flexibility index (Phi) is 8.51. The first-order valence-electron chi connectivity index (χ1n) is 9.59. The summed E-state index contributed by atoms with van der Waals surface area (Å²) in [6.45, 7) is 9.16. The molecular weight excluding hydrogens is 392 g/mol. The second-order valence-corrected chi connectivity index (χ2v) is 9.72. The van der Waals surface area contributed by atoms with Gasteiger partial charge in [0.1, 0.15) is 12.1 Å². The molecule has 0 aliphatic heterocycles. The Bertz CT molecular complexity index is 685. The number of thiophene rings is 2. The van der Waals surface area contributed by atoms with E-state index in [1.807, 2.05) is 60.7 Å². The van der Waals surface area contributed by atoms with E-state index in [0.29, 0.717) is 19.6 Å².